The van der Waals surface area contributed by atoms with Crippen molar-refractivity contribution in [3.8, 4) is 28.7 Å². The Morgan fingerprint density at radius 3 is 1.67 bits per heavy atom. The van der Waals surface area contributed by atoms with Crippen molar-refractivity contribution >= 4 is 104 Å². The molecular formula is C102H133ClN12O21S2. The first-order valence-electron chi connectivity index (χ1n) is 47.5. The summed E-state index contributed by atoms with van der Waals surface area (Å²) in [4.78, 5) is 142. The maximum Gasteiger partial charge on any atom is 0.300 e. The highest BCUT2D eigenvalue weighted by molar-refractivity contribution is 8.76. The van der Waals surface area contributed by atoms with Gasteiger partial charge in [0.05, 0.1) is 52.9 Å². The zero-order valence-electron chi connectivity index (χ0n) is 79.0. The van der Waals surface area contributed by atoms with Crippen LogP contribution in [0.4, 0.5) is 0 Å². The number of aromatic hydroxyl groups is 3. The van der Waals surface area contributed by atoms with Gasteiger partial charge in [-0.05, 0) is 179 Å². The van der Waals surface area contributed by atoms with Gasteiger partial charge >= 0.3 is 0 Å². The summed E-state index contributed by atoms with van der Waals surface area (Å²) in [7, 11) is 2.06. The molecule has 21 N–H and O–H groups in total. The summed E-state index contributed by atoms with van der Waals surface area (Å²) in [5, 5.41) is 112. The number of piperidine rings is 2. The number of amides is 7. The lowest BCUT2D eigenvalue weighted by Gasteiger charge is -2.62. The van der Waals surface area contributed by atoms with E-state index in [0.29, 0.717) is 91.6 Å². The van der Waals surface area contributed by atoms with Gasteiger partial charge < -0.3 is 109 Å². The predicted molar refractivity (Wildman–Crippen MR) is 526 cm³/mol. The molecule has 5 aliphatic heterocycles. The number of benzene rings is 6. The molecule has 17 rings (SSSR count). The maximum absolute atomic E-state index is 14.7. The Labute approximate surface area is 817 Å². The first-order chi connectivity index (χ1) is 65.4. The smallest absolute Gasteiger partial charge is 0.300 e. The van der Waals surface area contributed by atoms with Crippen LogP contribution in [0.1, 0.15) is 181 Å². The molecule has 18 atom stereocenters. The fraction of sp³-hybridized carbons (Fsp3) is 0.510. The number of aromatic amines is 1. The van der Waals surface area contributed by atoms with Gasteiger partial charge in [0.2, 0.25) is 41.4 Å². The minimum absolute atomic E-state index is 0. The highest BCUT2D eigenvalue weighted by Gasteiger charge is 2.75. The summed E-state index contributed by atoms with van der Waals surface area (Å²) in [5.74, 6) is -3.67. The van der Waals surface area contributed by atoms with E-state index in [1.54, 1.807) is 72.9 Å². The average molecular weight is 1960 g/mol. The van der Waals surface area contributed by atoms with Gasteiger partial charge in [0.25, 0.3) is 5.97 Å². The lowest BCUT2D eigenvalue weighted by Crippen LogP contribution is -2.76. The van der Waals surface area contributed by atoms with Gasteiger partial charge in [-0.15, -0.1) is 19.0 Å². The van der Waals surface area contributed by atoms with Crippen molar-refractivity contribution in [3.05, 3.63) is 196 Å². The number of nitrogens with zero attached hydrogens (tertiary/aromatic N) is 2. The highest BCUT2D eigenvalue weighted by Crippen LogP contribution is 2.67. The minimum Gasteiger partial charge on any atom is -0.507 e. The molecule has 6 fully saturated rings. The van der Waals surface area contributed by atoms with Gasteiger partial charge in [-0.25, -0.2) is 0 Å². The van der Waals surface area contributed by atoms with Crippen LogP contribution < -0.4 is 58.2 Å². The minimum atomic E-state index is -1.66. The number of Topliss-reactive ketones (excluding diaryl/α,β-unsaturated/α-hetero) is 2. The van der Waals surface area contributed by atoms with E-state index in [0.717, 1.165) is 123 Å². The van der Waals surface area contributed by atoms with E-state index in [1.807, 2.05) is 66.7 Å². The summed E-state index contributed by atoms with van der Waals surface area (Å²) >= 11 is 0. The summed E-state index contributed by atoms with van der Waals surface area (Å²) < 4.78 is 12.0. The first kappa shape index (κ1) is 106. The number of fused-ring (bicyclic) bond motifs is 1. The number of ether oxygens (including phenoxy) is 2. The summed E-state index contributed by atoms with van der Waals surface area (Å²) in [6.07, 6.45) is 7.52. The third-order valence-electron chi connectivity index (χ3n) is 28.5. The number of aromatic nitrogens is 1. The number of hydrogen-bond acceptors (Lipinski definition) is 26. The second-order valence-corrected chi connectivity index (χ2v) is 40.9. The number of unbranched alkanes of at least 4 members (excludes halogenated alkanes) is 1. The number of likely N-dealkylation sites (tertiary alicyclic amines) is 2. The molecule has 746 valence electrons. The van der Waals surface area contributed by atoms with E-state index in [9.17, 15) is 84.0 Å². The zero-order chi connectivity index (χ0) is 98.7. The highest BCUT2D eigenvalue weighted by atomic mass is 35.5. The number of aliphatic hydroxyl groups is 5. The number of halogens is 1. The summed E-state index contributed by atoms with van der Waals surface area (Å²) in [6.45, 7) is 19.0. The Bertz CT molecular complexity index is 5510. The number of carboxylic acid groups (broad SMARTS) is 1. The summed E-state index contributed by atoms with van der Waals surface area (Å²) in [5.41, 5.74) is 17.8. The third kappa shape index (κ3) is 22.8. The lowest BCUT2D eigenvalue weighted by atomic mass is 9.49. The van der Waals surface area contributed by atoms with Crippen LogP contribution in [0.25, 0.3) is 10.9 Å². The molecule has 33 nitrogen and oxygen atoms in total. The molecule has 6 heterocycles. The van der Waals surface area contributed by atoms with E-state index >= 15 is 0 Å². The number of para-hydroxylation sites is 2. The first-order valence-corrected chi connectivity index (χ1v) is 50.0. The normalized spacial score (nSPS) is 27.3. The molecule has 7 aromatic rings. The molecule has 4 bridgehead atoms. The monoisotopic (exact) mass is 1960 g/mol. The van der Waals surface area contributed by atoms with E-state index < -0.39 is 149 Å². The zero-order valence-corrected chi connectivity index (χ0v) is 81.4. The molecular weight excluding hydrogens is 1830 g/mol. The second kappa shape index (κ2) is 46.2. The number of carbonyl (C=O) groups is 10. The van der Waals surface area contributed by atoms with Crippen molar-refractivity contribution in [2.45, 2.75) is 270 Å². The fourth-order valence-corrected chi connectivity index (χ4v) is 23.6. The number of hydrogen-bond donors (Lipinski definition) is 19. The third-order valence-corrected chi connectivity index (χ3v) is 30.9. The Morgan fingerprint density at radius 2 is 1.14 bits per heavy atom. The van der Waals surface area contributed by atoms with Crippen molar-refractivity contribution in [1.29, 1.82) is 0 Å². The molecule has 3 saturated heterocycles. The number of carbonyl (C=O) groups excluding carboxylic acids is 9. The Hall–Kier alpha value is -10.7. The van der Waals surface area contributed by atoms with Crippen LogP contribution in [-0.4, -0.2) is 267 Å². The van der Waals surface area contributed by atoms with Crippen molar-refractivity contribution in [2.24, 2.45) is 17.4 Å². The largest absolute Gasteiger partial charge is 0.507 e. The number of phenolic OH excluding ortho intramolecular Hbond substituents is 3. The Morgan fingerprint density at radius 1 is 0.623 bits per heavy atom. The molecule has 5 aliphatic carbocycles. The van der Waals surface area contributed by atoms with Crippen LogP contribution in [0.2, 0.25) is 0 Å². The number of aliphatic carboxylic acids is 1. The van der Waals surface area contributed by atoms with Gasteiger partial charge in [0.1, 0.15) is 42.0 Å². The second-order valence-electron chi connectivity index (χ2n) is 38.4. The number of carboxylic acids is 1. The Balaban J connectivity index is 0.000000201. The molecule has 0 radical (unpaired) electrons. The van der Waals surface area contributed by atoms with Crippen LogP contribution in [0.3, 0.4) is 0 Å². The van der Waals surface area contributed by atoms with Gasteiger partial charge in [0.15, 0.2) is 46.8 Å². The molecule has 10 aliphatic rings. The lowest BCUT2D eigenvalue weighted by molar-refractivity contribution is -0.188. The quantitative estimate of drug-likeness (QED) is 0.0193. The van der Waals surface area contributed by atoms with Gasteiger partial charge in [-0.3, -0.25) is 57.7 Å². The van der Waals surface area contributed by atoms with Gasteiger partial charge in [0, 0.05) is 104 Å². The van der Waals surface area contributed by atoms with Gasteiger partial charge in [-0.1, -0.05) is 165 Å². The number of nitrogens with one attached hydrogen (secondary N) is 8. The molecule has 3 saturated carbocycles. The van der Waals surface area contributed by atoms with Crippen molar-refractivity contribution in [1.82, 2.24) is 52.0 Å². The molecule has 36 heteroatoms. The van der Waals surface area contributed by atoms with Crippen LogP contribution in [0.15, 0.2) is 146 Å². The number of H-pyrrole nitrogens is 1. The van der Waals surface area contributed by atoms with Gasteiger partial charge in [-0.2, -0.15) is 0 Å². The Kier molecular flexibility index (Phi) is 35.5. The fourth-order valence-electron chi connectivity index (χ4n) is 21.3. The van der Waals surface area contributed by atoms with Crippen LogP contribution >= 0.6 is 34.0 Å². The summed E-state index contributed by atoms with van der Waals surface area (Å²) in [6, 6.07) is 27.8. The molecule has 0 unspecified atom stereocenters. The molecule has 7 amide bonds. The van der Waals surface area contributed by atoms with Crippen LogP contribution in [0, 0.1) is 5.92 Å². The van der Waals surface area contributed by atoms with E-state index in [-0.39, 0.29) is 91.3 Å². The molecule has 138 heavy (non-hydrogen) atoms. The number of aliphatic hydroxyl groups excluding tert-OH is 3. The van der Waals surface area contributed by atoms with Crippen molar-refractivity contribution < 1.29 is 103 Å². The SMILES string of the molecule is C=CCN1CC[C@]23c4c5ccc(O)c4O[C@H]2C(=O)CC[C@@]3(O)[C@H]1C5.CC(=O)O.CC(C)c1cccc(C(C)C)c1O.C[C@@H](O)[C@@H]1NC(=O)[C@H](CCCCN)NC(=O)[C@@H](Cc2c[nH]c3ccccc23)NC(=O)[C@H](Cc2ccccc2)NC(=O)[C@@H](NC(=O)[C@H](N)Cc2ccccc2)CSSC[C@@H](C(=O)N[C@H](CO)[C@@H](C)O)NC1=O.Cl.O=C1CC[C@@]2(O)[C@H]3Cc4ccc(O)c5c4[C@@]2(CCN3CC2CC2)[C@H]1O5. The topological polar surface area (TPSA) is 530 Å². The maximum atomic E-state index is 14.7. The van der Waals surface area contributed by atoms with E-state index in [4.69, 9.17) is 30.8 Å². The number of phenols is 3. The average Bonchev–Trinajstić information content (AvgIpc) is 1.48. The number of rotatable bonds is 23. The molecule has 1 aromatic heterocycles. The van der Waals surface area contributed by atoms with Crippen LogP contribution in [0.5, 0.6) is 28.7 Å². The van der Waals surface area contributed by atoms with E-state index in [1.165, 1.54) is 26.7 Å². The number of ketones is 2. The molecule has 2 spiro atoms. The number of nitrogens with two attached hydrogens (primary N) is 2. The predicted octanol–water partition coefficient (Wildman–Crippen LogP) is 6.17. The molecule has 6 aromatic carbocycles. The standard InChI is InChI=1S/C49H66N10O10S2.C20H23NO4.C19H21NO4.C12H18O.C2H4O2.ClH/c1-28(61)39(25-60)56-48(68)41-27-71-70-26-40(57-43(63)34(51)21-30-13-5-3-6-14-30)47(67)54-37(22-31-15-7-4-8-16-31)45(65)55-38(23-32-24-52-35-18-10-9-17-33(32)35)46(66)53-36(19-11-12-20-50)44(64)59-42(29(2)62)49(69)58-41;22-13-4-3-12-9-15-20(24)6-5-14(23)18-19(20,16(12)17(13)25-18)7-8-21(15)10-11-1-2-11;1-2-8-20-9-7-18-15-11-3-4-12(21)16(15)24-17(18)13(22)5-6-19(18,23)14(20)10-11;1-8(2)10-6-5-7-11(9(3)4)12(10)13;1-2(3)4;/h3-10,13-18,24,28-29,34,36-42,52,60-62H,11-12,19-23,25-27,50-51H2,1-2H3,(H,53,66)(H,54,67)(H,55,65)(H,56,68)(H,57,63)(H,58,69)(H,59,64);3-4,11,15,18,22,24H,1-2,5-10H2;2-4,14,17,21,23H,1,5-10H2;5-9,13H,1-4H3;1H3,(H,3,4);1H/t28-,29-,34-,36+,37+,38-,39-,40+,41+,42+;15-,18+,19+,20-;14-,17+,18+,19-;;;/m111.../s1. The van der Waals surface area contributed by atoms with Crippen LogP contribution in [-0.2, 0) is 90.9 Å². The van der Waals surface area contributed by atoms with Crippen molar-refractivity contribution in [3.63, 3.8) is 0 Å². The van der Waals surface area contributed by atoms with Crippen molar-refractivity contribution in [2.75, 3.05) is 50.8 Å². The van der Waals surface area contributed by atoms with E-state index in [2.05, 4.69) is 86.3 Å².